The van der Waals surface area contributed by atoms with Gasteiger partial charge < -0.3 is 15.0 Å². The van der Waals surface area contributed by atoms with Crippen LogP contribution in [-0.4, -0.2) is 42.3 Å². The van der Waals surface area contributed by atoms with Crippen molar-refractivity contribution in [1.29, 1.82) is 0 Å². The lowest BCUT2D eigenvalue weighted by Crippen LogP contribution is -2.43. The second-order valence-corrected chi connectivity index (χ2v) is 8.13. The number of aromatic nitrogens is 1. The number of rotatable bonds is 6. The first-order chi connectivity index (χ1) is 13.8. The lowest BCUT2D eigenvalue weighted by molar-refractivity contribution is 0.160. The van der Waals surface area contributed by atoms with E-state index in [4.69, 9.17) is 10.5 Å². The predicted octanol–water partition coefficient (Wildman–Crippen LogP) is 4.17. The normalized spacial score (nSPS) is 23.1. The number of benzene rings is 2. The van der Waals surface area contributed by atoms with Gasteiger partial charge in [-0.15, -0.1) is 0 Å². The van der Waals surface area contributed by atoms with Gasteiger partial charge in [-0.3, -0.25) is 4.90 Å². The maximum Gasteiger partial charge on any atom is 0.121 e. The van der Waals surface area contributed by atoms with Gasteiger partial charge in [-0.1, -0.05) is 23.8 Å². The third kappa shape index (κ3) is 3.21. The highest BCUT2D eigenvalue weighted by molar-refractivity contribution is 6.08. The minimum Gasteiger partial charge on any atom is -0.489 e. The van der Waals surface area contributed by atoms with Crippen molar-refractivity contribution in [3.05, 3.63) is 54.1 Å². The van der Waals surface area contributed by atoms with Crippen LogP contribution in [-0.2, 0) is 6.54 Å². The topological polar surface area (TPSA) is 43.4 Å². The van der Waals surface area contributed by atoms with Crippen LogP contribution in [0.5, 0.6) is 5.75 Å². The number of ether oxygens (including phenoxy) is 1. The number of hydrogen-bond donors (Lipinski definition) is 1. The minimum atomic E-state index is 0.661. The second-order valence-electron chi connectivity index (χ2n) is 8.13. The Morgan fingerprint density at radius 2 is 1.86 bits per heavy atom. The highest BCUT2D eigenvalue weighted by Crippen LogP contribution is 2.33. The molecule has 2 bridgehead atoms. The van der Waals surface area contributed by atoms with Gasteiger partial charge in [0.1, 0.15) is 12.4 Å². The highest BCUT2D eigenvalue weighted by atomic mass is 16.5. The Morgan fingerprint density at radius 1 is 1.04 bits per heavy atom. The van der Waals surface area contributed by atoms with E-state index in [1.807, 2.05) is 0 Å². The summed E-state index contributed by atoms with van der Waals surface area (Å²) < 4.78 is 8.53. The largest absolute Gasteiger partial charge is 0.489 e. The number of nitrogens with two attached hydrogens (primary N) is 1. The summed E-state index contributed by atoms with van der Waals surface area (Å²) in [6, 6.07) is 15.1. The molecular formula is C24H29N3O. The summed E-state index contributed by atoms with van der Waals surface area (Å²) in [5.74, 6) is 1.73. The molecule has 146 valence electrons. The van der Waals surface area contributed by atoms with Crippen LogP contribution in [0.4, 0.5) is 0 Å². The third-order valence-electron chi connectivity index (χ3n) is 6.44. The standard InChI is InChI=1S/C24H29N3O/c25-11-3-12-27-23-5-2-1-4-21(23)22-7-6-20(16-24(22)27)28-15-10-19-17-26-13-8-18(19)9-14-26/h1-2,4-7,10,16,18H,3,8-9,11-15,17,25H2/b19-10+. The van der Waals surface area contributed by atoms with E-state index in [1.54, 1.807) is 5.57 Å². The van der Waals surface area contributed by atoms with E-state index in [9.17, 15) is 0 Å². The van der Waals surface area contributed by atoms with Gasteiger partial charge in [0.2, 0.25) is 0 Å². The van der Waals surface area contributed by atoms with Crippen LogP contribution >= 0.6 is 0 Å². The zero-order valence-corrected chi connectivity index (χ0v) is 16.4. The van der Waals surface area contributed by atoms with Gasteiger partial charge in [0, 0.05) is 35.4 Å². The van der Waals surface area contributed by atoms with Crippen molar-refractivity contribution in [3.8, 4) is 5.75 Å². The highest BCUT2D eigenvalue weighted by Gasteiger charge is 2.28. The minimum absolute atomic E-state index is 0.661. The van der Waals surface area contributed by atoms with Crippen LogP contribution in [0.3, 0.4) is 0 Å². The summed E-state index contributed by atoms with van der Waals surface area (Å²) in [4.78, 5) is 2.56. The summed E-state index contributed by atoms with van der Waals surface area (Å²) in [5, 5.41) is 2.59. The Balaban J connectivity index is 1.40. The molecule has 3 aliphatic rings. The van der Waals surface area contributed by atoms with Crippen LogP contribution in [0, 0.1) is 5.92 Å². The van der Waals surface area contributed by atoms with Crippen LogP contribution in [0.1, 0.15) is 19.3 Å². The SMILES string of the molecule is NCCCn1c2ccccc2c2ccc(OC/C=C3\CN4CCC3CC4)cc21. The van der Waals surface area contributed by atoms with Crippen molar-refractivity contribution in [1.82, 2.24) is 9.47 Å². The van der Waals surface area contributed by atoms with E-state index in [0.29, 0.717) is 13.2 Å². The average molecular weight is 376 g/mol. The molecule has 0 saturated carbocycles. The molecule has 2 aromatic carbocycles. The monoisotopic (exact) mass is 375 g/mol. The van der Waals surface area contributed by atoms with Gasteiger partial charge in [-0.05, 0) is 69.1 Å². The molecule has 6 rings (SSSR count). The lowest BCUT2D eigenvalue weighted by atomic mass is 9.84. The quantitative estimate of drug-likeness (QED) is 0.658. The molecule has 0 amide bonds. The first-order valence-corrected chi connectivity index (χ1v) is 10.6. The molecule has 0 radical (unpaired) electrons. The summed E-state index contributed by atoms with van der Waals surface area (Å²) in [7, 11) is 0. The van der Waals surface area contributed by atoms with Crippen molar-refractivity contribution in [3.63, 3.8) is 0 Å². The van der Waals surface area contributed by atoms with Crippen molar-refractivity contribution in [2.24, 2.45) is 11.7 Å². The Kier molecular flexibility index (Phi) is 4.83. The molecule has 3 fully saturated rings. The zero-order valence-electron chi connectivity index (χ0n) is 16.4. The molecule has 28 heavy (non-hydrogen) atoms. The van der Waals surface area contributed by atoms with Crippen molar-refractivity contribution in [2.45, 2.75) is 25.8 Å². The zero-order chi connectivity index (χ0) is 18.9. The van der Waals surface area contributed by atoms with Crippen molar-refractivity contribution < 1.29 is 4.74 Å². The number of nitrogens with zero attached hydrogens (tertiary/aromatic N) is 2. The number of fused-ring (bicyclic) bond motifs is 6. The van der Waals surface area contributed by atoms with E-state index < -0.39 is 0 Å². The molecule has 2 N–H and O–H groups in total. The maximum atomic E-state index is 6.15. The molecule has 3 aromatic rings. The summed E-state index contributed by atoms with van der Waals surface area (Å²) in [5.41, 5.74) is 9.87. The average Bonchev–Trinajstić information content (AvgIpc) is 3.06. The Labute approximate surface area is 166 Å². The van der Waals surface area contributed by atoms with Gasteiger partial charge in [0.05, 0.1) is 5.52 Å². The van der Waals surface area contributed by atoms with Crippen LogP contribution in [0.15, 0.2) is 54.1 Å². The third-order valence-corrected chi connectivity index (χ3v) is 6.44. The molecule has 3 saturated heterocycles. The van der Waals surface area contributed by atoms with E-state index in [-0.39, 0.29) is 0 Å². The van der Waals surface area contributed by atoms with Gasteiger partial charge in [0.25, 0.3) is 0 Å². The maximum absolute atomic E-state index is 6.15. The van der Waals surface area contributed by atoms with Crippen molar-refractivity contribution >= 4 is 21.8 Å². The lowest BCUT2D eigenvalue weighted by Gasteiger charge is -2.41. The molecule has 0 unspecified atom stereocenters. The van der Waals surface area contributed by atoms with Gasteiger partial charge in [-0.25, -0.2) is 0 Å². The smallest absolute Gasteiger partial charge is 0.121 e. The van der Waals surface area contributed by atoms with Crippen molar-refractivity contribution in [2.75, 3.05) is 32.8 Å². The fourth-order valence-electron chi connectivity index (χ4n) is 4.93. The molecule has 3 aliphatic heterocycles. The Morgan fingerprint density at radius 3 is 2.64 bits per heavy atom. The van der Waals surface area contributed by atoms with Crippen LogP contribution in [0.2, 0.25) is 0 Å². The number of aryl methyl sites for hydroxylation is 1. The van der Waals surface area contributed by atoms with Gasteiger partial charge in [-0.2, -0.15) is 0 Å². The second kappa shape index (κ2) is 7.61. The fraction of sp³-hybridized carbons (Fsp3) is 0.417. The van der Waals surface area contributed by atoms with E-state index in [0.717, 1.165) is 31.2 Å². The van der Waals surface area contributed by atoms with E-state index >= 15 is 0 Å². The molecule has 4 heteroatoms. The van der Waals surface area contributed by atoms with Crippen LogP contribution < -0.4 is 10.5 Å². The van der Waals surface area contributed by atoms with Crippen LogP contribution in [0.25, 0.3) is 21.8 Å². The summed E-state index contributed by atoms with van der Waals surface area (Å²) >= 11 is 0. The number of para-hydroxylation sites is 1. The fourth-order valence-corrected chi connectivity index (χ4v) is 4.93. The Hall–Kier alpha value is -2.30. The predicted molar refractivity (Wildman–Crippen MR) is 116 cm³/mol. The molecular weight excluding hydrogens is 346 g/mol. The molecule has 0 aliphatic carbocycles. The number of piperidine rings is 3. The van der Waals surface area contributed by atoms with E-state index in [1.165, 1.54) is 47.7 Å². The molecule has 0 atom stereocenters. The van der Waals surface area contributed by atoms with E-state index in [2.05, 4.69) is 58.0 Å². The molecule has 1 aromatic heterocycles. The Bertz CT molecular complexity index is 1010. The number of hydrogen-bond acceptors (Lipinski definition) is 3. The summed E-state index contributed by atoms with van der Waals surface area (Å²) in [6.07, 6.45) is 5.94. The molecule has 4 heterocycles. The molecule has 0 spiro atoms. The molecule has 4 nitrogen and oxygen atoms in total. The summed E-state index contributed by atoms with van der Waals surface area (Å²) in [6.45, 7) is 5.98. The first kappa shape index (κ1) is 17.8. The van der Waals surface area contributed by atoms with Gasteiger partial charge in [0.15, 0.2) is 0 Å². The van der Waals surface area contributed by atoms with Gasteiger partial charge >= 0.3 is 0 Å². The first-order valence-electron chi connectivity index (χ1n) is 10.6.